The van der Waals surface area contributed by atoms with E-state index >= 15 is 0 Å². The molecule has 0 saturated heterocycles. The largest absolute Gasteiger partial charge is 0.294 e. The molecule has 0 aliphatic rings. The van der Waals surface area contributed by atoms with Crippen molar-refractivity contribution in [2.24, 2.45) is 0 Å². The number of carbonyl (C=O) groups excluding carboxylic acids is 1. The van der Waals surface area contributed by atoms with Gasteiger partial charge in [-0.25, -0.2) is 13.2 Å². The van der Waals surface area contributed by atoms with Crippen LogP contribution in [-0.2, 0) is 6.42 Å². The fourth-order valence-electron chi connectivity index (χ4n) is 1.74. The van der Waals surface area contributed by atoms with Gasteiger partial charge in [0.25, 0.3) is 0 Å². The van der Waals surface area contributed by atoms with Crippen LogP contribution in [0.4, 0.5) is 13.2 Å². The highest BCUT2D eigenvalue weighted by Crippen LogP contribution is 2.25. The van der Waals surface area contributed by atoms with Gasteiger partial charge in [0.15, 0.2) is 5.78 Å². The van der Waals surface area contributed by atoms with Crippen LogP contribution < -0.4 is 0 Å². The summed E-state index contributed by atoms with van der Waals surface area (Å²) in [6.45, 7) is 0. The highest BCUT2D eigenvalue weighted by molar-refractivity contribution is 9.10. The van der Waals surface area contributed by atoms with Gasteiger partial charge in [-0.1, -0.05) is 17.7 Å². The zero-order valence-corrected chi connectivity index (χ0v) is 12.2. The Hall–Kier alpha value is -1.33. The molecule has 0 atom stereocenters. The maximum atomic E-state index is 13.8. The monoisotopic (exact) mass is 362 g/mol. The molecule has 0 unspecified atom stereocenters. The molecule has 1 nitrogen and oxygen atoms in total. The molecule has 2 rings (SSSR count). The lowest BCUT2D eigenvalue weighted by molar-refractivity contribution is 0.0987. The number of rotatable bonds is 3. The van der Waals surface area contributed by atoms with Gasteiger partial charge >= 0.3 is 0 Å². The Morgan fingerprint density at radius 2 is 1.80 bits per heavy atom. The smallest absolute Gasteiger partial charge is 0.171 e. The molecule has 0 aromatic heterocycles. The third-order valence-electron chi connectivity index (χ3n) is 2.72. The second kappa shape index (κ2) is 5.97. The predicted molar refractivity (Wildman–Crippen MR) is 73.5 cm³/mol. The lowest BCUT2D eigenvalue weighted by Gasteiger charge is -2.08. The van der Waals surface area contributed by atoms with E-state index in [1.165, 1.54) is 18.2 Å². The van der Waals surface area contributed by atoms with Gasteiger partial charge in [-0.3, -0.25) is 4.79 Å². The quantitative estimate of drug-likeness (QED) is 0.557. The summed E-state index contributed by atoms with van der Waals surface area (Å²) in [4.78, 5) is 12.0. The van der Waals surface area contributed by atoms with Crippen LogP contribution in [0.2, 0.25) is 5.02 Å². The number of Topliss-reactive ketones (excluding diaryl/α,β-unsaturated/α-hetero) is 1. The van der Waals surface area contributed by atoms with Crippen LogP contribution in [0, 0.1) is 17.5 Å². The number of benzene rings is 2. The molecule has 0 radical (unpaired) electrons. The molecular weight excluding hydrogens is 357 g/mol. The summed E-state index contributed by atoms with van der Waals surface area (Å²) in [6, 6.07) is 5.96. The summed E-state index contributed by atoms with van der Waals surface area (Å²) in [5.41, 5.74) is -0.795. The number of carbonyl (C=O) groups is 1. The fraction of sp³-hybridized carbons (Fsp3) is 0.0714. The third-order valence-corrected chi connectivity index (χ3v) is 3.65. The molecule has 0 amide bonds. The van der Waals surface area contributed by atoms with Gasteiger partial charge in [-0.15, -0.1) is 0 Å². The number of hydrogen-bond donors (Lipinski definition) is 0. The topological polar surface area (TPSA) is 17.1 Å². The minimum atomic E-state index is -0.884. The van der Waals surface area contributed by atoms with Crippen molar-refractivity contribution in [3.8, 4) is 0 Å². The highest BCUT2D eigenvalue weighted by atomic mass is 79.9. The summed E-state index contributed by atoms with van der Waals surface area (Å²) in [5.74, 6) is -3.36. The number of halogens is 5. The first kappa shape index (κ1) is 15.1. The van der Waals surface area contributed by atoms with Gasteiger partial charge in [0.2, 0.25) is 0 Å². The molecule has 2 aromatic carbocycles. The van der Waals surface area contributed by atoms with Gasteiger partial charge in [0, 0.05) is 12.0 Å². The lowest BCUT2D eigenvalue weighted by Crippen LogP contribution is -2.10. The van der Waals surface area contributed by atoms with Crippen molar-refractivity contribution in [2.45, 2.75) is 6.42 Å². The molecular formula is C14H7BrClF3O. The fourth-order valence-corrected chi connectivity index (χ4v) is 2.38. The predicted octanol–water partition coefficient (Wildman–Crippen LogP) is 4.95. The van der Waals surface area contributed by atoms with E-state index in [9.17, 15) is 18.0 Å². The number of hydrogen-bond acceptors (Lipinski definition) is 1. The van der Waals surface area contributed by atoms with E-state index in [4.69, 9.17) is 11.6 Å². The molecule has 0 saturated carbocycles. The third kappa shape index (κ3) is 2.88. The van der Waals surface area contributed by atoms with Crippen LogP contribution in [0.5, 0.6) is 0 Å². The van der Waals surface area contributed by atoms with Crippen LogP contribution in [0.15, 0.2) is 34.8 Å². The van der Waals surface area contributed by atoms with E-state index in [2.05, 4.69) is 15.9 Å². The Bertz CT molecular complexity index is 668. The summed E-state index contributed by atoms with van der Waals surface area (Å²) in [5, 5.41) is -0.0918. The first-order valence-corrected chi connectivity index (χ1v) is 6.68. The second-order valence-electron chi connectivity index (χ2n) is 4.02. The van der Waals surface area contributed by atoms with Gasteiger partial charge < -0.3 is 0 Å². The Balaban J connectivity index is 2.41. The maximum Gasteiger partial charge on any atom is 0.171 e. The van der Waals surface area contributed by atoms with Crippen molar-refractivity contribution in [1.29, 1.82) is 0 Å². The lowest BCUT2D eigenvalue weighted by atomic mass is 10.0. The first-order chi connectivity index (χ1) is 9.41. The summed E-state index contributed by atoms with van der Waals surface area (Å²) < 4.78 is 41.0. The second-order valence-corrected chi connectivity index (χ2v) is 5.28. The van der Waals surface area contributed by atoms with Gasteiger partial charge in [0.05, 0.1) is 15.1 Å². The highest BCUT2D eigenvalue weighted by Gasteiger charge is 2.21. The van der Waals surface area contributed by atoms with Crippen molar-refractivity contribution in [3.05, 3.63) is 68.4 Å². The molecule has 0 fully saturated rings. The number of ketones is 1. The summed E-state index contributed by atoms with van der Waals surface area (Å²) in [6.07, 6.45) is -0.613. The van der Waals surface area contributed by atoms with Crippen LogP contribution in [-0.4, -0.2) is 5.78 Å². The van der Waals surface area contributed by atoms with E-state index in [1.807, 2.05) is 0 Å². The minimum Gasteiger partial charge on any atom is -0.294 e. The van der Waals surface area contributed by atoms with Crippen molar-refractivity contribution < 1.29 is 18.0 Å². The van der Waals surface area contributed by atoms with Gasteiger partial charge in [-0.05, 0) is 40.2 Å². The summed E-state index contributed by atoms with van der Waals surface area (Å²) >= 11 is 8.65. The van der Waals surface area contributed by atoms with Crippen LogP contribution in [0.1, 0.15) is 15.9 Å². The minimum absolute atomic E-state index is 0.0290. The molecule has 0 bridgehead atoms. The van der Waals surface area contributed by atoms with E-state index in [-0.39, 0.29) is 15.1 Å². The summed E-state index contributed by atoms with van der Waals surface area (Å²) in [7, 11) is 0. The first-order valence-electron chi connectivity index (χ1n) is 5.51. The Labute approximate surface area is 126 Å². The van der Waals surface area contributed by atoms with Crippen molar-refractivity contribution in [3.63, 3.8) is 0 Å². The Kier molecular flexibility index (Phi) is 4.50. The molecule has 2 aromatic rings. The van der Waals surface area contributed by atoms with Gasteiger partial charge in [0.1, 0.15) is 17.5 Å². The zero-order chi connectivity index (χ0) is 14.9. The van der Waals surface area contributed by atoms with E-state index in [1.54, 1.807) is 0 Å². The standard InChI is InChI=1S/C14H7BrClF3O/c15-8-4-5-10(17)7(14(8)19)6-12(20)13-9(16)2-1-3-11(13)18/h1-5H,6H2. The molecule has 0 aliphatic carbocycles. The molecule has 6 heteroatoms. The molecule has 0 spiro atoms. The zero-order valence-electron chi connectivity index (χ0n) is 9.89. The molecule has 0 N–H and O–H groups in total. The Morgan fingerprint density at radius 1 is 1.10 bits per heavy atom. The van der Waals surface area contributed by atoms with E-state index in [0.717, 1.165) is 12.1 Å². The maximum absolute atomic E-state index is 13.8. The molecule has 104 valence electrons. The molecule has 20 heavy (non-hydrogen) atoms. The average Bonchev–Trinajstić information content (AvgIpc) is 2.39. The normalized spacial score (nSPS) is 10.7. The van der Waals surface area contributed by atoms with Crippen molar-refractivity contribution in [2.75, 3.05) is 0 Å². The van der Waals surface area contributed by atoms with Crippen molar-refractivity contribution >= 4 is 33.3 Å². The molecule has 0 heterocycles. The van der Waals surface area contributed by atoms with Gasteiger partial charge in [-0.2, -0.15) is 0 Å². The Morgan fingerprint density at radius 3 is 2.45 bits per heavy atom. The SMILES string of the molecule is O=C(Cc1c(F)ccc(Br)c1F)c1c(F)cccc1Cl. The van der Waals surface area contributed by atoms with Crippen LogP contribution in [0.25, 0.3) is 0 Å². The van der Waals surface area contributed by atoms with Crippen molar-refractivity contribution in [1.82, 2.24) is 0 Å². The van der Waals surface area contributed by atoms with E-state index < -0.39 is 35.2 Å². The van der Waals surface area contributed by atoms with E-state index in [0.29, 0.717) is 0 Å². The van der Waals surface area contributed by atoms with Crippen LogP contribution >= 0.6 is 27.5 Å². The average molecular weight is 364 g/mol. The molecule has 0 aliphatic heterocycles. The van der Waals surface area contributed by atoms with Crippen LogP contribution in [0.3, 0.4) is 0 Å².